The Labute approximate surface area is 117 Å². The van der Waals surface area contributed by atoms with Gasteiger partial charge in [-0.05, 0) is 38.1 Å². The Morgan fingerprint density at radius 1 is 1.42 bits per heavy atom. The minimum absolute atomic E-state index is 0.347. The van der Waals surface area contributed by atoms with Crippen LogP contribution in [-0.4, -0.2) is 9.78 Å². The zero-order valence-electron chi connectivity index (χ0n) is 10.9. The van der Waals surface area contributed by atoms with Crippen LogP contribution in [0.2, 0.25) is 5.02 Å². The molecular weight excluding hydrogens is 260 g/mol. The Morgan fingerprint density at radius 2 is 2.21 bits per heavy atom. The molecule has 0 aliphatic heterocycles. The van der Waals surface area contributed by atoms with E-state index in [0.717, 1.165) is 11.4 Å². The quantitative estimate of drug-likeness (QED) is 0.927. The van der Waals surface area contributed by atoms with Crippen molar-refractivity contribution in [2.75, 3.05) is 5.32 Å². The molecule has 0 saturated carbocycles. The molecule has 0 bridgehead atoms. The zero-order chi connectivity index (χ0) is 13.8. The fourth-order valence-corrected chi connectivity index (χ4v) is 1.86. The van der Waals surface area contributed by atoms with Gasteiger partial charge in [0.25, 0.3) is 0 Å². The van der Waals surface area contributed by atoms with Gasteiger partial charge in [-0.25, -0.2) is 0 Å². The van der Waals surface area contributed by atoms with Crippen LogP contribution in [0.15, 0.2) is 30.5 Å². The Balaban J connectivity index is 2.07. The van der Waals surface area contributed by atoms with E-state index >= 15 is 0 Å². The molecular formula is C14H15ClN4. The SMILES string of the molecule is CC(C)n1ccc(CNc2cc(C#N)ccc2Cl)n1. The molecule has 0 aliphatic carbocycles. The van der Waals surface area contributed by atoms with Gasteiger partial charge in [-0.1, -0.05) is 11.6 Å². The minimum Gasteiger partial charge on any atom is -0.378 e. The number of hydrogen-bond donors (Lipinski definition) is 1. The highest BCUT2D eigenvalue weighted by Crippen LogP contribution is 2.23. The number of nitrogens with one attached hydrogen (secondary N) is 1. The molecule has 0 saturated heterocycles. The molecule has 0 spiro atoms. The van der Waals surface area contributed by atoms with Gasteiger partial charge in [-0.15, -0.1) is 0 Å². The van der Waals surface area contributed by atoms with Crippen LogP contribution in [0.3, 0.4) is 0 Å². The molecule has 0 atom stereocenters. The zero-order valence-corrected chi connectivity index (χ0v) is 11.6. The molecule has 2 rings (SSSR count). The van der Waals surface area contributed by atoms with Gasteiger partial charge in [-0.2, -0.15) is 10.4 Å². The third-order valence-corrected chi connectivity index (χ3v) is 3.08. The van der Waals surface area contributed by atoms with E-state index < -0.39 is 0 Å². The molecule has 0 fully saturated rings. The van der Waals surface area contributed by atoms with Crippen molar-refractivity contribution in [3.05, 3.63) is 46.7 Å². The monoisotopic (exact) mass is 274 g/mol. The largest absolute Gasteiger partial charge is 0.378 e. The highest BCUT2D eigenvalue weighted by atomic mass is 35.5. The summed E-state index contributed by atoms with van der Waals surface area (Å²) in [5.41, 5.74) is 2.27. The van der Waals surface area contributed by atoms with Crippen molar-refractivity contribution in [3.63, 3.8) is 0 Å². The number of anilines is 1. The molecule has 19 heavy (non-hydrogen) atoms. The summed E-state index contributed by atoms with van der Waals surface area (Å²) in [7, 11) is 0. The van der Waals surface area contributed by atoms with Crippen molar-refractivity contribution in [2.45, 2.75) is 26.4 Å². The number of aromatic nitrogens is 2. The summed E-state index contributed by atoms with van der Waals surface area (Å²) in [6.45, 7) is 4.74. The normalized spacial score (nSPS) is 10.5. The van der Waals surface area contributed by atoms with Crippen LogP contribution >= 0.6 is 11.6 Å². The molecule has 1 N–H and O–H groups in total. The molecule has 0 amide bonds. The van der Waals surface area contributed by atoms with E-state index in [4.69, 9.17) is 16.9 Å². The number of halogens is 1. The number of hydrogen-bond acceptors (Lipinski definition) is 3. The van der Waals surface area contributed by atoms with Crippen molar-refractivity contribution in [1.29, 1.82) is 5.26 Å². The highest BCUT2D eigenvalue weighted by Gasteiger charge is 2.04. The van der Waals surface area contributed by atoms with Crippen molar-refractivity contribution >= 4 is 17.3 Å². The van der Waals surface area contributed by atoms with Crippen LogP contribution in [-0.2, 0) is 6.54 Å². The predicted molar refractivity (Wildman–Crippen MR) is 76.1 cm³/mol. The first kappa shape index (κ1) is 13.4. The Bertz CT molecular complexity index is 610. The van der Waals surface area contributed by atoms with Crippen molar-refractivity contribution < 1.29 is 0 Å². The van der Waals surface area contributed by atoms with E-state index in [1.807, 2.05) is 16.9 Å². The van der Waals surface area contributed by atoms with Crippen LogP contribution < -0.4 is 5.32 Å². The fourth-order valence-electron chi connectivity index (χ4n) is 1.68. The number of nitrogens with zero attached hydrogens (tertiary/aromatic N) is 3. The fraction of sp³-hybridized carbons (Fsp3) is 0.286. The number of rotatable bonds is 4. The summed E-state index contributed by atoms with van der Waals surface area (Å²) in [6.07, 6.45) is 1.95. The maximum absolute atomic E-state index is 8.87. The van der Waals surface area contributed by atoms with Gasteiger partial charge >= 0.3 is 0 Å². The number of benzene rings is 1. The minimum atomic E-state index is 0.347. The maximum Gasteiger partial charge on any atom is 0.0992 e. The Morgan fingerprint density at radius 3 is 2.84 bits per heavy atom. The molecule has 0 radical (unpaired) electrons. The van der Waals surface area contributed by atoms with Gasteiger partial charge in [-0.3, -0.25) is 4.68 Å². The average molecular weight is 275 g/mol. The van der Waals surface area contributed by atoms with E-state index in [1.165, 1.54) is 0 Å². The van der Waals surface area contributed by atoms with Gasteiger partial charge in [0.05, 0.1) is 34.6 Å². The molecule has 1 aromatic carbocycles. The van der Waals surface area contributed by atoms with Crippen LogP contribution in [0.1, 0.15) is 31.1 Å². The first-order chi connectivity index (χ1) is 9.10. The second-order valence-electron chi connectivity index (χ2n) is 4.54. The van der Waals surface area contributed by atoms with Crippen LogP contribution in [0.25, 0.3) is 0 Å². The third-order valence-electron chi connectivity index (χ3n) is 2.75. The van der Waals surface area contributed by atoms with E-state index in [1.54, 1.807) is 18.2 Å². The summed E-state index contributed by atoms with van der Waals surface area (Å²) in [5, 5.41) is 17.1. The molecule has 1 heterocycles. The summed E-state index contributed by atoms with van der Waals surface area (Å²) in [6, 6.07) is 9.56. The van der Waals surface area contributed by atoms with Gasteiger partial charge in [0, 0.05) is 12.2 Å². The van der Waals surface area contributed by atoms with Crippen molar-refractivity contribution in [2.24, 2.45) is 0 Å². The lowest BCUT2D eigenvalue weighted by Gasteiger charge is -2.07. The predicted octanol–water partition coefficient (Wildman–Crippen LogP) is 3.60. The second-order valence-corrected chi connectivity index (χ2v) is 4.95. The van der Waals surface area contributed by atoms with Crippen LogP contribution in [0, 0.1) is 11.3 Å². The van der Waals surface area contributed by atoms with E-state index in [9.17, 15) is 0 Å². The van der Waals surface area contributed by atoms with Gasteiger partial charge in [0.1, 0.15) is 0 Å². The molecule has 5 heteroatoms. The lowest BCUT2D eigenvalue weighted by molar-refractivity contribution is 0.527. The van der Waals surface area contributed by atoms with E-state index in [-0.39, 0.29) is 0 Å². The standard InChI is InChI=1S/C14H15ClN4/c1-10(2)19-6-5-12(18-19)9-17-14-7-11(8-16)3-4-13(14)15/h3-7,10,17H,9H2,1-2H3. The summed E-state index contributed by atoms with van der Waals surface area (Å²) < 4.78 is 1.91. The molecule has 4 nitrogen and oxygen atoms in total. The van der Waals surface area contributed by atoms with Gasteiger partial charge in [0.15, 0.2) is 0 Å². The Kier molecular flexibility index (Phi) is 4.08. The highest BCUT2D eigenvalue weighted by molar-refractivity contribution is 6.33. The first-order valence-electron chi connectivity index (χ1n) is 6.07. The summed E-state index contributed by atoms with van der Waals surface area (Å²) in [5.74, 6) is 0. The first-order valence-corrected chi connectivity index (χ1v) is 6.45. The van der Waals surface area contributed by atoms with Gasteiger partial charge < -0.3 is 5.32 Å². The molecule has 2 aromatic rings. The van der Waals surface area contributed by atoms with Crippen LogP contribution in [0.4, 0.5) is 5.69 Å². The molecule has 0 aliphatic rings. The van der Waals surface area contributed by atoms with Crippen LogP contribution in [0.5, 0.6) is 0 Å². The number of nitriles is 1. The van der Waals surface area contributed by atoms with Gasteiger partial charge in [0.2, 0.25) is 0 Å². The summed E-state index contributed by atoms with van der Waals surface area (Å²) in [4.78, 5) is 0. The van der Waals surface area contributed by atoms with Crippen molar-refractivity contribution in [3.8, 4) is 6.07 Å². The molecule has 1 aromatic heterocycles. The van der Waals surface area contributed by atoms with E-state index in [0.29, 0.717) is 23.2 Å². The third kappa shape index (κ3) is 3.27. The summed E-state index contributed by atoms with van der Waals surface area (Å²) >= 11 is 6.08. The maximum atomic E-state index is 8.87. The Hall–Kier alpha value is -1.99. The molecule has 98 valence electrons. The lowest BCUT2D eigenvalue weighted by Crippen LogP contribution is -2.05. The lowest BCUT2D eigenvalue weighted by atomic mass is 10.2. The average Bonchev–Trinajstić information content (AvgIpc) is 2.87. The second kappa shape index (κ2) is 5.77. The molecule has 0 unspecified atom stereocenters. The smallest absolute Gasteiger partial charge is 0.0992 e. The topological polar surface area (TPSA) is 53.6 Å². The van der Waals surface area contributed by atoms with Crippen molar-refractivity contribution in [1.82, 2.24) is 9.78 Å². The van der Waals surface area contributed by atoms with E-state index in [2.05, 4.69) is 30.3 Å².